The molecule has 5 nitrogen and oxygen atoms in total. The number of hydrogen-bond donors (Lipinski definition) is 1. The van der Waals surface area contributed by atoms with Gasteiger partial charge in [0.05, 0.1) is 11.8 Å². The fraction of sp³-hybridized carbons (Fsp3) is 0.143. The highest BCUT2D eigenvalue weighted by Crippen LogP contribution is 2.48. The molecule has 134 valence electrons. The molecule has 0 unspecified atom stereocenters. The van der Waals surface area contributed by atoms with Crippen molar-refractivity contribution in [3.63, 3.8) is 0 Å². The summed E-state index contributed by atoms with van der Waals surface area (Å²) in [5.74, 6) is 1.03. The Morgan fingerprint density at radius 2 is 1.89 bits per heavy atom. The van der Waals surface area contributed by atoms with E-state index in [4.69, 9.17) is 21.4 Å². The van der Waals surface area contributed by atoms with Crippen molar-refractivity contribution in [1.82, 2.24) is 9.99 Å². The molecule has 0 bridgehead atoms. The molecule has 0 spiro atoms. The Bertz CT molecular complexity index is 1040. The largest absolute Gasteiger partial charge is 0.507 e. The van der Waals surface area contributed by atoms with E-state index >= 15 is 0 Å². The van der Waals surface area contributed by atoms with Crippen LogP contribution in [0.25, 0.3) is 0 Å². The molecular weight excluding hydrogens is 362 g/mol. The molecule has 2 aliphatic heterocycles. The van der Waals surface area contributed by atoms with Gasteiger partial charge in [0.15, 0.2) is 0 Å². The van der Waals surface area contributed by atoms with E-state index in [1.54, 1.807) is 24.5 Å². The van der Waals surface area contributed by atoms with Gasteiger partial charge in [-0.2, -0.15) is 5.10 Å². The maximum atomic E-state index is 10.3. The summed E-state index contributed by atoms with van der Waals surface area (Å²) in [6, 6.07) is 16.8. The average Bonchev–Trinajstić information content (AvgIpc) is 3.14. The van der Waals surface area contributed by atoms with Crippen LogP contribution in [0.1, 0.15) is 35.4 Å². The smallest absolute Gasteiger partial charge is 0.213 e. The van der Waals surface area contributed by atoms with Gasteiger partial charge in [-0.1, -0.05) is 23.7 Å². The number of phenols is 1. The zero-order valence-corrected chi connectivity index (χ0v) is 15.0. The highest BCUT2D eigenvalue weighted by Gasteiger charge is 2.41. The number of para-hydroxylation sites is 1. The zero-order chi connectivity index (χ0) is 18.4. The number of hydrazone groups is 1. The first-order valence-corrected chi connectivity index (χ1v) is 9.09. The second-order valence-electron chi connectivity index (χ2n) is 6.60. The van der Waals surface area contributed by atoms with E-state index in [-0.39, 0.29) is 18.0 Å². The number of benzene rings is 2. The number of aromatic nitrogens is 1. The quantitative estimate of drug-likeness (QED) is 0.704. The van der Waals surface area contributed by atoms with Crippen LogP contribution in [0, 0.1) is 0 Å². The number of aromatic hydroxyl groups is 1. The third-order valence-electron chi connectivity index (χ3n) is 4.96. The minimum absolute atomic E-state index is 0.0137. The van der Waals surface area contributed by atoms with Crippen molar-refractivity contribution in [3.05, 3.63) is 88.7 Å². The maximum Gasteiger partial charge on any atom is 0.213 e. The second kappa shape index (κ2) is 6.28. The number of pyridine rings is 1. The Hall–Kier alpha value is -3.05. The molecule has 0 amide bonds. The van der Waals surface area contributed by atoms with E-state index in [9.17, 15) is 5.11 Å². The topological polar surface area (TPSA) is 58.0 Å². The van der Waals surface area contributed by atoms with Crippen molar-refractivity contribution < 1.29 is 9.84 Å². The van der Waals surface area contributed by atoms with Crippen LogP contribution >= 0.6 is 11.6 Å². The molecule has 2 atom stereocenters. The number of fused-ring (bicyclic) bond motifs is 3. The van der Waals surface area contributed by atoms with Gasteiger partial charge in [-0.25, -0.2) is 5.01 Å². The van der Waals surface area contributed by atoms with E-state index in [0.29, 0.717) is 11.4 Å². The Balaban J connectivity index is 1.63. The fourth-order valence-electron chi connectivity index (χ4n) is 3.69. The summed E-state index contributed by atoms with van der Waals surface area (Å²) in [5, 5.41) is 17.7. The van der Waals surface area contributed by atoms with Crippen LogP contribution < -0.4 is 4.74 Å². The lowest BCUT2D eigenvalue weighted by atomic mass is 9.95. The molecule has 0 aliphatic carbocycles. The molecule has 0 saturated carbocycles. The van der Waals surface area contributed by atoms with Gasteiger partial charge in [0, 0.05) is 40.5 Å². The Kier molecular flexibility index (Phi) is 3.76. The van der Waals surface area contributed by atoms with Crippen molar-refractivity contribution in [2.45, 2.75) is 18.7 Å². The number of ether oxygens (including phenoxy) is 1. The molecular formula is C21H16ClN3O2. The van der Waals surface area contributed by atoms with Gasteiger partial charge in [-0.3, -0.25) is 4.98 Å². The summed E-state index contributed by atoms with van der Waals surface area (Å²) in [4.78, 5) is 4.10. The van der Waals surface area contributed by atoms with Crippen LogP contribution in [0.15, 0.2) is 72.1 Å². The second-order valence-corrected chi connectivity index (χ2v) is 7.03. The van der Waals surface area contributed by atoms with Gasteiger partial charge in [-0.15, -0.1) is 0 Å². The zero-order valence-electron chi connectivity index (χ0n) is 14.3. The summed E-state index contributed by atoms with van der Waals surface area (Å²) in [7, 11) is 0. The molecule has 2 aliphatic rings. The first-order chi connectivity index (χ1) is 13.2. The van der Waals surface area contributed by atoms with Gasteiger partial charge in [0.2, 0.25) is 6.23 Å². The summed E-state index contributed by atoms with van der Waals surface area (Å²) >= 11 is 6.24. The van der Waals surface area contributed by atoms with Crippen molar-refractivity contribution in [1.29, 1.82) is 0 Å². The predicted molar refractivity (Wildman–Crippen MR) is 103 cm³/mol. The summed E-state index contributed by atoms with van der Waals surface area (Å²) < 4.78 is 6.27. The van der Waals surface area contributed by atoms with Crippen LogP contribution in [-0.4, -0.2) is 20.8 Å². The lowest BCUT2D eigenvalue weighted by Crippen LogP contribution is -2.33. The van der Waals surface area contributed by atoms with Crippen molar-refractivity contribution in [3.8, 4) is 11.5 Å². The predicted octanol–water partition coefficient (Wildman–Crippen LogP) is 4.68. The molecule has 6 heteroatoms. The monoisotopic (exact) mass is 377 g/mol. The minimum atomic E-state index is -0.366. The van der Waals surface area contributed by atoms with Gasteiger partial charge in [0.1, 0.15) is 11.5 Å². The summed E-state index contributed by atoms with van der Waals surface area (Å²) in [6.45, 7) is 0. The molecule has 0 radical (unpaired) electrons. The number of nitrogens with zero attached hydrogens (tertiary/aromatic N) is 3. The standard InChI is InChI=1S/C21H16ClN3O2/c22-14-5-6-20-16(11-14)18-12-17(15-3-1-2-4-19(15)26)24-25(18)21(27-20)13-7-9-23-10-8-13/h1-11,18,21,26H,12H2/t18-,21-/m1/s1. The third kappa shape index (κ3) is 2.71. The molecule has 2 aromatic carbocycles. The van der Waals surface area contributed by atoms with E-state index in [0.717, 1.165) is 28.2 Å². The Labute approximate surface area is 161 Å². The molecule has 3 aromatic rings. The van der Waals surface area contributed by atoms with Crippen LogP contribution in [0.2, 0.25) is 5.02 Å². The van der Waals surface area contributed by atoms with Crippen molar-refractivity contribution in [2.75, 3.05) is 0 Å². The highest BCUT2D eigenvalue weighted by atomic mass is 35.5. The molecule has 0 saturated heterocycles. The number of phenolic OH excluding ortho intramolecular Hbond substituents is 1. The lowest BCUT2D eigenvalue weighted by molar-refractivity contribution is -0.0190. The highest BCUT2D eigenvalue weighted by molar-refractivity contribution is 6.30. The molecule has 1 aromatic heterocycles. The van der Waals surface area contributed by atoms with Crippen LogP contribution in [0.3, 0.4) is 0 Å². The molecule has 27 heavy (non-hydrogen) atoms. The van der Waals surface area contributed by atoms with E-state index < -0.39 is 0 Å². The van der Waals surface area contributed by atoms with Crippen LogP contribution in [0.5, 0.6) is 11.5 Å². The Morgan fingerprint density at radius 1 is 1.07 bits per heavy atom. The lowest BCUT2D eigenvalue weighted by Gasteiger charge is -2.38. The number of hydrogen-bond acceptors (Lipinski definition) is 5. The van der Waals surface area contributed by atoms with Crippen LogP contribution in [-0.2, 0) is 0 Å². The normalized spacial score (nSPS) is 20.5. The van der Waals surface area contributed by atoms with Crippen molar-refractivity contribution in [2.24, 2.45) is 5.10 Å². The maximum absolute atomic E-state index is 10.3. The summed E-state index contributed by atoms with van der Waals surface area (Å²) in [6.07, 6.45) is 3.79. The van der Waals surface area contributed by atoms with Gasteiger partial charge in [-0.05, 0) is 42.5 Å². The molecule has 5 rings (SSSR count). The first kappa shape index (κ1) is 16.1. The first-order valence-electron chi connectivity index (χ1n) is 8.71. The number of rotatable bonds is 2. The minimum Gasteiger partial charge on any atom is -0.507 e. The average molecular weight is 378 g/mol. The third-order valence-corrected chi connectivity index (χ3v) is 5.19. The number of halogens is 1. The molecule has 0 fully saturated rings. The van der Waals surface area contributed by atoms with Crippen molar-refractivity contribution >= 4 is 17.3 Å². The van der Waals surface area contributed by atoms with Gasteiger partial charge >= 0.3 is 0 Å². The SMILES string of the molecule is Oc1ccccc1C1=NN2[C@H](C1)c1cc(Cl)ccc1O[C@@H]2c1ccncc1. The van der Waals surface area contributed by atoms with E-state index in [1.807, 2.05) is 47.5 Å². The van der Waals surface area contributed by atoms with E-state index in [1.165, 1.54) is 0 Å². The Morgan fingerprint density at radius 3 is 2.70 bits per heavy atom. The van der Waals surface area contributed by atoms with Crippen LogP contribution in [0.4, 0.5) is 0 Å². The van der Waals surface area contributed by atoms with E-state index in [2.05, 4.69) is 4.98 Å². The summed E-state index contributed by atoms with van der Waals surface area (Å²) in [5.41, 5.74) is 3.54. The van der Waals surface area contributed by atoms with Gasteiger partial charge in [0.25, 0.3) is 0 Å². The molecule has 1 N–H and O–H groups in total. The van der Waals surface area contributed by atoms with Gasteiger partial charge < -0.3 is 9.84 Å². The fourth-order valence-corrected chi connectivity index (χ4v) is 3.87. The molecule has 3 heterocycles.